The van der Waals surface area contributed by atoms with E-state index in [4.69, 9.17) is 16.0 Å². The fourth-order valence-electron chi connectivity index (χ4n) is 1.27. The summed E-state index contributed by atoms with van der Waals surface area (Å²) in [6.45, 7) is 3.71. The van der Waals surface area contributed by atoms with E-state index in [1.165, 1.54) is 0 Å². The van der Waals surface area contributed by atoms with Crippen LogP contribution in [0.1, 0.15) is 11.4 Å². The van der Waals surface area contributed by atoms with Crippen LogP contribution >= 0.6 is 11.6 Å². The van der Waals surface area contributed by atoms with Crippen molar-refractivity contribution in [3.8, 4) is 11.3 Å². The summed E-state index contributed by atoms with van der Waals surface area (Å²) in [6.07, 6.45) is 3.26. The molecule has 0 bridgehead atoms. The summed E-state index contributed by atoms with van der Waals surface area (Å²) in [7, 11) is 0. The minimum Gasteiger partial charge on any atom is -0.472 e. The van der Waals surface area contributed by atoms with Crippen LogP contribution in [0.15, 0.2) is 23.0 Å². The van der Waals surface area contributed by atoms with Gasteiger partial charge in [0, 0.05) is 11.1 Å². The molecule has 0 amide bonds. The van der Waals surface area contributed by atoms with Gasteiger partial charge in [-0.3, -0.25) is 0 Å². The first kappa shape index (κ1) is 9.21. The van der Waals surface area contributed by atoms with Crippen molar-refractivity contribution < 1.29 is 4.42 Å². The largest absolute Gasteiger partial charge is 0.472 e. The number of halogens is 1. The minimum absolute atomic E-state index is 0.494. The third kappa shape index (κ3) is 1.51. The average molecular weight is 209 g/mol. The molecule has 0 aliphatic heterocycles. The quantitative estimate of drug-likeness (QED) is 0.677. The molecule has 0 aliphatic carbocycles. The Balaban J connectivity index is 2.64. The van der Waals surface area contributed by atoms with Crippen LogP contribution < -0.4 is 0 Å². The number of hydrogen-bond acceptors (Lipinski definition) is 3. The molecule has 2 rings (SSSR count). The standard InChI is InChI=1S/C10H9ClN2O/c1-6-9(8-3-4-14-5-8)12-7(2)13-10(6)11/h3-5H,1-2H3. The molecular formula is C10H9ClN2O. The summed E-state index contributed by atoms with van der Waals surface area (Å²) in [6, 6.07) is 1.85. The van der Waals surface area contributed by atoms with Gasteiger partial charge in [0.25, 0.3) is 0 Å². The summed E-state index contributed by atoms with van der Waals surface area (Å²) in [5, 5.41) is 0.494. The molecule has 0 N–H and O–H groups in total. The second-order valence-corrected chi connectivity index (χ2v) is 3.41. The van der Waals surface area contributed by atoms with Gasteiger partial charge in [-0.2, -0.15) is 0 Å². The van der Waals surface area contributed by atoms with Crippen molar-refractivity contribution in [3.63, 3.8) is 0 Å². The van der Waals surface area contributed by atoms with Gasteiger partial charge in [-0.25, -0.2) is 9.97 Å². The zero-order chi connectivity index (χ0) is 10.1. The van der Waals surface area contributed by atoms with Crippen LogP contribution in [0.3, 0.4) is 0 Å². The number of aryl methyl sites for hydroxylation is 1. The Morgan fingerprint density at radius 3 is 2.71 bits per heavy atom. The van der Waals surface area contributed by atoms with Gasteiger partial charge in [0.2, 0.25) is 0 Å². The second-order valence-electron chi connectivity index (χ2n) is 3.05. The predicted octanol–water partition coefficient (Wildman–Crippen LogP) is 3.01. The maximum absolute atomic E-state index is 5.95. The van der Waals surface area contributed by atoms with Gasteiger partial charge in [0.05, 0.1) is 18.2 Å². The van der Waals surface area contributed by atoms with Crippen molar-refractivity contribution >= 4 is 11.6 Å². The van der Waals surface area contributed by atoms with Crippen molar-refractivity contribution in [2.24, 2.45) is 0 Å². The van der Waals surface area contributed by atoms with Crippen molar-refractivity contribution in [2.45, 2.75) is 13.8 Å². The molecule has 0 aliphatic rings. The molecule has 0 radical (unpaired) electrons. The summed E-state index contributed by atoms with van der Waals surface area (Å²) >= 11 is 5.95. The van der Waals surface area contributed by atoms with Crippen molar-refractivity contribution in [1.82, 2.24) is 9.97 Å². The number of rotatable bonds is 1. The molecule has 0 aromatic carbocycles. The molecule has 72 valence electrons. The Labute approximate surface area is 86.8 Å². The topological polar surface area (TPSA) is 38.9 Å². The Kier molecular flexibility index (Phi) is 2.25. The first-order chi connectivity index (χ1) is 6.68. The van der Waals surface area contributed by atoms with Gasteiger partial charge < -0.3 is 4.42 Å². The number of nitrogens with zero attached hydrogens (tertiary/aromatic N) is 2. The molecular weight excluding hydrogens is 200 g/mol. The van der Waals surface area contributed by atoms with Gasteiger partial charge >= 0.3 is 0 Å². The zero-order valence-corrected chi connectivity index (χ0v) is 8.67. The zero-order valence-electron chi connectivity index (χ0n) is 7.91. The van der Waals surface area contributed by atoms with Crippen molar-refractivity contribution in [3.05, 3.63) is 35.1 Å². The first-order valence-electron chi connectivity index (χ1n) is 4.22. The van der Waals surface area contributed by atoms with Gasteiger partial charge in [-0.1, -0.05) is 11.6 Å². The minimum atomic E-state index is 0.494. The third-order valence-electron chi connectivity index (χ3n) is 1.99. The fourth-order valence-corrected chi connectivity index (χ4v) is 1.49. The Hall–Kier alpha value is -1.35. The van der Waals surface area contributed by atoms with Crippen LogP contribution in [-0.2, 0) is 0 Å². The van der Waals surface area contributed by atoms with E-state index < -0.39 is 0 Å². The van der Waals surface area contributed by atoms with E-state index in [9.17, 15) is 0 Å². The molecule has 0 unspecified atom stereocenters. The molecule has 0 spiro atoms. The van der Waals surface area contributed by atoms with Crippen molar-refractivity contribution in [1.29, 1.82) is 0 Å². The lowest BCUT2D eigenvalue weighted by Gasteiger charge is -2.04. The molecule has 3 nitrogen and oxygen atoms in total. The van der Waals surface area contributed by atoms with E-state index in [-0.39, 0.29) is 0 Å². The van der Waals surface area contributed by atoms with E-state index >= 15 is 0 Å². The van der Waals surface area contributed by atoms with Crippen LogP contribution in [-0.4, -0.2) is 9.97 Å². The van der Waals surface area contributed by atoms with E-state index in [0.717, 1.165) is 16.8 Å². The monoisotopic (exact) mass is 208 g/mol. The Morgan fingerprint density at radius 1 is 1.29 bits per heavy atom. The SMILES string of the molecule is Cc1nc(Cl)c(C)c(-c2ccoc2)n1. The summed E-state index contributed by atoms with van der Waals surface area (Å²) in [4.78, 5) is 8.39. The summed E-state index contributed by atoms with van der Waals surface area (Å²) in [5.74, 6) is 0.664. The normalized spacial score (nSPS) is 10.5. The summed E-state index contributed by atoms with van der Waals surface area (Å²) < 4.78 is 5.00. The number of aromatic nitrogens is 2. The molecule has 2 aromatic heterocycles. The van der Waals surface area contributed by atoms with Gasteiger partial charge in [0.1, 0.15) is 11.0 Å². The van der Waals surface area contributed by atoms with E-state index in [0.29, 0.717) is 11.0 Å². The predicted molar refractivity (Wildman–Crippen MR) is 54.2 cm³/mol. The molecule has 0 atom stereocenters. The highest BCUT2D eigenvalue weighted by Crippen LogP contribution is 2.25. The Morgan fingerprint density at radius 2 is 2.07 bits per heavy atom. The number of hydrogen-bond donors (Lipinski definition) is 0. The maximum atomic E-state index is 5.95. The van der Waals surface area contributed by atoms with Crippen LogP contribution in [0.2, 0.25) is 5.15 Å². The molecule has 14 heavy (non-hydrogen) atoms. The van der Waals surface area contributed by atoms with Crippen LogP contribution in [0.4, 0.5) is 0 Å². The summed E-state index contributed by atoms with van der Waals surface area (Å²) in [5.41, 5.74) is 2.63. The highest BCUT2D eigenvalue weighted by molar-refractivity contribution is 6.30. The molecule has 0 saturated heterocycles. The molecule has 2 aromatic rings. The lowest BCUT2D eigenvalue weighted by atomic mass is 10.1. The van der Waals surface area contributed by atoms with E-state index in [2.05, 4.69) is 9.97 Å². The van der Waals surface area contributed by atoms with E-state index in [1.807, 2.05) is 19.9 Å². The maximum Gasteiger partial charge on any atom is 0.136 e. The Bertz CT molecular complexity index is 451. The highest BCUT2D eigenvalue weighted by Gasteiger charge is 2.09. The molecule has 2 heterocycles. The van der Waals surface area contributed by atoms with Crippen LogP contribution in [0.5, 0.6) is 0 Å². The van der Waals surface area contributed by atoms with Gasteiger partial charge in [-0.15, -0.1) is 0 Å². The van der Waals surface area contributed by atoms with E-state index in [1.54, 1.807) is 12.5 Å². The van der Waals surface area contributed by atoms with Gasteiger partial charge in [-0.05, 0) is 19.9 Å². The fraction of sp³-hybridized carbons (Fsp3) is 0.200. The molecule has 4 heteroatoms. The lowest BCUT2D eigenvalue weighted by molar-refractivity contribution is 0.568. The van der Waals surface area contributed by atoms with Crippen LogP contribution in [0, 0.1) is 13.8 Å². The molecule has 0 saturated carbocycles. The third-order valence-corrected chi connectivity index (χ3v) is 2.36. The van der Waals surface area contributed by atoms with Crippen molar-refractivity contribution in [2.75, 3.05) is 0 Å². The lowest BCUT2D eigenvalue weighted by Crippen LogP contribution is -1.95. The molecule has 0 fully saturated rings. The van der Waals surface area contributed by atoms with Gasteiger partial charge in [0.15, 0.2) is 0 Å². The highest BCUT2D eigenvalue weighted by atomic mass is 35.5. The second kappa shape index (κ2) is 3.42. The average Bonchev–Trinajstić information content (AvgIpc) is 2.63. The van der Waals surface area contributed by atoms with Crippen LogP contribution in [0.25, 0.3) is 11.3 Å². The first-order valence-corrected chi connectivity index (χ1v) is 4.59. The smallest absolute Gasteiger partial charge is 0.136 e. The number of furan rings is 1.